The molecular weight excluding hydrogens is 230 g/mol. The van der Waals surface area contributed by atoms with Crippen molar-refractivity contribution in [1.29, 1.82) is 0 Å². The third kappa shape index (κ3) is 1.53. The molecular formula is C13H9N3O2. The minimum absolute atomic E-state index is 0.186. The summed E-state index contributed by atoms with van der Waals surface area (Å²) in [5.74, 6) is -0.986. The van der Waals surface area contributed by atoms with Gasteiger partial charge in [0.15, 0.2) is 0 Å². The smallest absolute Gasteiger partial charge is 0.337 e. The molecule has 1 aromatic carbocycles. The first-order valence-electron chi connectivity index (χ1n) is 5.39. The Morgan fingerprint density at radius 1 is 1.17 bits per heavy atom. The van der Waals surface area contributed by atoms with Crippen molar-refractivity contribution in [2.24, 2.45) is 0 Å². The van der Waals surface area contributed by atoms with Crippen molar-refractivity contribution < 1.29 is 9.90 Å². The molecule has 0 aliphatic heterocycles. The average Bonchev–Trinajstić information content (AvgIpc) is 2.83. The molecule has 0 unspecified atom stereocenters. The fraction of sp³-hybridized carbons (Fsp3) is 0. The van der Waals surface area contributed by atoms with Gasteiger partial charge < -0.3 is 5.11 Å². The van der Waals surface area contributed by atoms with E-state index in [0.29, 0.717) is 5.52 Å². The molecule has 2 aromatic heterocycles. The zero-order chi connectivity index (χ0) is 12.5. The Morgan fingerprint density at radius 3 is 2.78 bits per heavy atom. The van der Waals surface area contributed by atoms with Gasteiger partial charge in [-0.1, -0.05) is 18.2 Å². The predicted molar refractivity (Wildman–Crippen MR) is 66.3 cm³/mol. The zero-order valence-electron chi connectivity index (χ0n) is 9.29. The normalized spacial score (nSPS) is 10.7. The molecule has 3 aromatic rings. The standard InChI is InChI=1S/C13H9N3O2/c17-13(18)9-5-3-4-8-11(9)15-16-12(8)10-6-1-2-7-14-10/h1-7H,(H,15,16)(H,17,18). The maximum atomic E-state index is 11.1. The van der Waals surface area contributed by atoms with E-state index in [9.17, 15) is 4.79 Å². The Hall–Kier alpha value is -2.69. The Labute approximate surface area is 102 Å². The van der Waals surface area contributed by atoms with Crippen LogP contribution in [0.1, 0.15) is 10.4 Å². The molecule has 0 bridgehead atoms. The summed E-state index contributed by atoms with van der Waals surface area (Å²) in [6.45, 7) is 0. The van der Waals surface area contributed by atoms with Gasteiger partial charge in [-0.15, -0.1) is 0 Å². The van der Waals surface area contributed by atoms with Gasteiger partial charge in [-0.25, -0.2) is 4.79 Å². The highest BCUT2D eigenvalue weighted by Gasteiger charge is 2.14. The SMILES string of the molecule is O=C(O)c1cccc2c(-c3ccccn3)[nH]nc12. The van der Waals surface area contributed by atoms with E-state index in [-0.39, 0.29) is 5.56 Å². The Kier molecular flexibility index (Phi) is 2.30. The largest absolute Gasteiger partial charge is 0.478 e. The highest BCUT2D eigenvalue weighted by molar-refractivity contribution is 6.05. The second kappa shape index (κ2) is 3.96. The van der Waals surface area contributed by atoms with E-state index in [1.165, 1.54) is 6.07 Å². The third-order valence-electron chi connectivity index (χ3n) is 2.74. The number of carboxylic acids is 1. The van der Waals surface area contributed by atoms with E-state index in [4.69, 9.17) is 5.11 Å². The molecule has 5 heteroatoms. The first kappa shape index (κ1) is 10.5. The van der Waals surface area contributed by atoms with Crippen LogP contribution in [-0.2, 0) is 0 Å². The molecule has 2 N–H and O–H groups in total. The van der Waals surface area contributed by atoms with E-state index >= 15 is 0 Å². The predicted octanol–water partition coefficient (Wildman–Crippen LogP) is 2.32. The topological polar surface area (TPSA) is 78.9 Å². The van der Waals surface area contributed by atoms with Crippen LogP contribution in [0, 0.1) is 0 Å². The summed E-state index contributed by atoms with van der Waals surface area (Å²) >= 11 is 0. The van der Waals surface area contributed by atoms with Gasteiger partial charge in [-0.05, 0) is 18.2 Å². The number of nitrogens with one attached hydrogen (secondary N) is 1. The number of aromatic carboxylic acids is 1. The van der Waals surface area contributed by atoms with Crippen LogP contribution in [0.25, 0.3) is 22.3 Å². The highest BCUT2D eigenvalue weighted by Crippen LogP contribution is 2.26. The van der Waals surface area contributed by atoms with Crippen LogP contribution in [-0.4, -0.2) is 26.3 Å². The number of nitrogens with zero attached hydrogens (tertiary/aromatic N) is 2. The Balaban J connectivity index is 2.28. The molecule has 0 radical (unpaired) electrons. The second-order valence-electron chi connectivity index (χ2n) is 3.82. The summed E-state index contributed by atoms with van der Waals surface area (Å²) in [7, 11) is 0. The number of rotatable bonds is 2. The maximum absolute atomic E-state index is 11.1. The molecule has 0 saturated heterocycles. The maximum Gasteiger partial charge on any atom is 0.337 e. The van der Waals surface area contributed by atoms with Gasteiger partial charge in [0.2, 0.25) is 0 Å². The fourth-order valence-electron chi connectivity index (χ4n) is 1.92. The lowest BCUT2D eigenvalue weighted by Crippen LogP contribution is -1.96. The lowest BCUT2D eigenvalue weighted by atomic mass is 10.1. The molecule has 88 valence electrons. The van der Waals surface area contributed by atoms with Gasteiger partial charge in [0.05, 0.1) is 17.0 Å². The van der Waals surface area contributed by atoms with Crippen molar-refractivity contribution in [2.75, 3.05) is 0 Å². The summed E-state index contributed by atoms with van der Waals surface area (Å²) in [6, 6.07) is 10.6. The molecule has 0 spiro atoms. The van der Waals surface area contributed by atoms with Gasteiger partial charge in [0, 0.05) is 11.6 Å². The fourth-order valence-corrected chi connectivity index (χ4v) is 1.92. The number of benzene rings is 1. The van der Waals surface area contributed by atoms with E-state index in [1.807, 2.05) is 24.3 Å². The lowest BCUT2D eigenvalue weighted by molar-refractivity contribution is 0.0699. The number of aromatic amines is 1. The molecule has 0 amide bonds. The number of fused-ring (bicyclic) bond motifs is 1. The van der Waals surface area contributed by atoms with Crippen molar-refractivity contribution in [3.8, 4) is 11.4 Å². The van der Waals surface area contributed by atoms with Crippen LogP contribution in [0.15, 0.2) is 42.6 Å². The number of carboxylic acid groups (broad SMARTS) is 1. The molecule has 5 nitrogen and oxygen atoms in total. The molecule has 2 heterocycles. The van der Waals surface area contributed by atoms with Crippen LogP contribution >= 0.6 is 0 Å². The summed E-state index contributed by atoms with van der Waals surface area (Å²) in [5.41, 5.74) is 2.10. The molecule has 18 heavy (non-hydrogen) atoms. The van der Waals surface area contributed by atoms with Crippen LogP contribution in [0.2, 0.25) is 0 Å². The summed E-state index contributed by atoms with van der Waals surface area (Å²) in [5, 5.41) is 16.8. The molecule has 3 rings (SSSR count). The monoisotopic (exact) mass is 239 g/mol. The van der Waals surface area contributed by atoms with Gasteiger partial charge >= 0.3 is 5.97 Å². The lowest BCUT2D eigenvalue weighted by Gasteiger charge is -1.98. The van der Waals surface area contributed by atoms with Crippen molar-refractivity contribution in [1.82, 2.24) is 15.2 Å². The number of hydrogen-bond donors (Lipinski definition) is 2. The van der Waals surface area contributed by atoms with Crippen molar-refractivity contribution in [3.05, 3.63) is 48.2 Å². The number of H-pyrrole nitrogens is 1. The highest BCUT2D eigenvalue weighted by atomic mass is 16.4. The van der Waals surface area contributed by atoms with E-state index in [1.54, 1.807) is 12.3 Å². The van der Waals surface area contributed by atoms with E-state index in [0.717, 1.165) is 16.8 Å². The van der Waals surface area contributed by atoms with Crippen molar-refractivity contribution in [2.45, 2.75) is 0 Å². The van der Waals surface area contributed by atoms with Crippen molar-refractivity contribution >= 4 is 16.9 Å². The Bertz CT molecular complexity index is 719. The second-order valence-corrected chi connectivity index (χ2v) is 3.82. The van der Waals surface area contributed by atoms with Crippen LogP contribution in [0.3, 0.4) is 0 Å². The number of aromatic nitrogens is 3. The molecule has 0 atom stereocenters. The summed E-state index contributed by atoms with van der Waals surface area (Å²) in [6.07, 6.45) is 1.68. The summed E-state index contributed by atoms with van der Waals surface area (Å²) < 4.78 is 0. The minimum Gasteiger partial charge on any atom is -0.478 e. The molecule has 0 aliphatic carbocycles. The zero-order valence-corrected chi connectivity index (χ0v) is 9.29. The van der Waals surface area contributed by atoms with E-state index < -0.39 is 5.97 Å². The van der Waals surface area contributed by atoms with Gasteiger partial charge in [0.25, 0.3) is 0 Å². The van der Waals surface area contributed by atoms with E-state index in [2.05, 4.69) is 15.2 Å². The number of para-hydroxylation sites is 1. The number of pyridine rings is 1. The Morgan fingerprint density at radius 2 is 2.06 bits per heavy atom. The van der Waals surface area contributed by atoms with Gasteiger partial charge in [0.1, 0.15) is 5.52 Å². The molecule has 0 aliphatic rings. The van der Waals surface area contributed by atoms with Crippen LogP contribution in [0.5, 0.6) is 0 Å². The average molecular weight is 239 g/mol. The van der Waals surface area contributed by atoms with Crippen LogP contribution < -0.4 is 0 Å². The van der Waals surface area contributed by atoms with Crippen LogP contribution in [0.4, 0.5) is 0 Å². The van der Waals surface area contributed by atoms with Crippen molar-refractivity contribution in [3.63, 3.8) is 0 Å². The van der Waals surface area contributed by atoms with Gasteiger partial charge in [-0.2, -0.15) is 5.10 Å². The third-order valence-corrected chi connectivity index (χ3v) is 2.74. The molecule has 0 saturated carbocycles. The summed E-state index contributed by atoms with van der Waals surface area (Å²) in [4.78, 5) is 15.3. The first-order chi connectivity index (χ1) is 8.77. The quantitative estimate of drug-likeness (QED) is 0.719. The number of hydrogen-bond acceptors (Lipinski definition) is 3. The number of carbonyl (C=O) groups is 1. The minimum atomic E-state index is -0.986. The van der Waals surface area contributed by atoms with Gasteiger partial charge in [-0.3, -0.25) is 10.1 Å². The first-order valence-corrected chi connectivity index (χ1v) is 5.39. The molecule has 0 fully saturated rings.